The van der Waals surface area contributed by atoms with E-state index >= 15 is 0 Å². The molecule has 1 heterocycles. The number of hydrogen-bond acceptors (Lipinski definition) is 4. The lowest BCUT2D eigenvalue weighted by atomic mass is 9.87. The largest absolute Gasteiger partial charge is 0.488 e. The average Bonchev–Trinajstić information content (AvgIpc) is 2.98. The Morgan fingerprint density at radius 2 is 1.94 bits per heavy atom. The molecule has 18 heavy (non-hydrogen) atoms. The van der Waals surface area contributed by atoms with Crippen LogP contribution in [-0.2, 0) is 15.4 Å². The Morgan fingerprint density at radius 3 is 2.39 bits per heavy atom. The normalized spacial score (nSPS) is 16.7. The van der Waals surface area contributed by atoms with Crippen molar-refractivity contribution in [2.24, 2.45) is 5.14 Å². The Labute approximate surface area is 107 Å². The van der Waals surface area contributed by atoms with Crippen LogP contribution in [0.1, 0.15) is 39.2 Å². The van der Waals surface area contributed by atoms with Crippen molar-refractivity contribution < 1.29 is 13.2 Å². The quantitative estimate of drug-likeness (QED) is 0.903. The Balaban J connectivity index is 2.59. The monoisotopic (exact) mass is 270 g/mol. The van der Waals surface area contributed by atoms with Crippen LogP contribution in [0.3, 0.4) is 0 Å². The molecule has 5 nitrogen and oxygen atoms in total. The van der Waals surface area contributed by atoms with Gasteiger partial charge in [0.15, 0.2) is 0 Å². The van der Waals surface area contributed by atoms with Crippen molar-refractivity contribution >= 4 is 10.0 Å². The molecule has 0 amide bonds. The second kappa shape index (κ2) is 4.20. The number of nitrogens with two attached hydrogens (primary N) is 1. The van der Waals surface area contributed by atoms with E-state index in [4.69, 9.17) is 9.88 Å². The highest BCUT2D eigenvalue weighted by Gasteiger charge is 2.31. The summed E-state index contributed by atoms with van der Waals surface area (Å²) in [7, 11) is -3.80. The van der Waals surface area contributed by atoms with Crippen molar-refractivity contribution in [3.8, 4) is 5.75 Å². The molecule has 0 aromatic carbocycles. The van der Waals surface area contributed by atoms with Crippen LogP contribution in [0.2, 0.25) is 0 Å². The molecule has 1 aliphatic rings. The van der Waals surface area contributed by atoms with Crippen molar-refractivity contribution in [1.82, 2.24) is 4.98 Å². The zero-order valence-corrected chi connectivity index (χ0v) is 11.6. The Morgan fingerprint density at radius 1 is 1.33 bits per heavy atom. The van der Waals surface area contributed by atoms with Crippen LogP contribution in [0.5, 0.6) is 5.75 Å². The maximum Gasteiger partial charge on any atom is 0.240 e. The van der Waals surface area contributed by atoms with Crippen molar-refractivity contribution in [2.75, 3.05) is 0 Å². The van der Waals surface area contributed by atoms with E-state index in [1.165, 1.54) is 6.20 Å². The summed E-state index contributed by atoms with van der Waals surface area (Å²) in [6.45, 7) is 5.78. The van der Waals surface area contributed by atoms with E-state index in [0.717, 1.165) is 12.8 Å². The van der Waals surface area contributed by atoms with E-state index < -0.39 is 10.0 Å². The molecule has 0 saturated heterocycles. The lowest BCUT2D eigenvalue weighted by Gasteiger charge is -2.24. The molecule has 1 saturated carbocycles. The van der Waals surface area contributed by atoms with E-state index in [9.17, 15) is 8.42 Å². The van der Waals surface area contributed by atoms with Gasteiger partial charge in [-0.15, -0.1) is 0 Å². The standard InChI is InChI=1S/C12H18N2O3S/c1-12(2,3)11-9(17-8-4-5-8)6-14-7-10(11)18(13,15)16/h6-8H,4-5H2,1-3H3,(H2,13,15,16). The van der Waals surface area contributed by atoms with Gasteiger partial charge in [-0.05, 0) is 18.3 Å². The zero-order valence-electron chi connectivity index (χ0n) is 10.8. The minimum Gasteiger partial charge on any atom is -0.488 e. The van der Waals surface area contributed by atoms with Gasteiger partial charge in [0.25, 0.3) is 0 Å². The molecule has 0 radical (unpaired) electrons. The summed E-state index contributed by atoms with van der Waals surface area (Å²) in [6.07, 6.45) is 5.04. The van der Waals surface area contributed by atoms with E-state index in [0.29, 0.717) is 11.3 Å². The van der Waals surface area contributed by atoms with Crippen LogP contribution in [0.25, 0.3) is 0 Å². The smallest absolute Gasteiger partial charge is 0.240 e. The minimum atomic E-state index is -3.80. The first kappa shape index (κ1) is 13.3. The molecule has 1 aliphatic carbocycles. The molecule has 2 rings (SSSR count). The van der Waals surface area contributed by atoms with Gasteiger partial charge in [0.05, 0.1) is 12.3 Å². The van der Waals surface area contributed by atoms with Gasteiger partial charge in [0.1, 0.15) is 10.6 Å². The Hall–Kier alpha value is -1.14. The molecule has 6 heteroatoms. The number of rotatable bonds is 3. The van der Waals surface area contributed by atoms with Crippen LogP contribution in [0.4, 0.5) is 0 Å². The molecule has 0 spiro atoms. The molecule has 1 aromatic rings. The predicted molar refractivity (Wildman–Crippen MR) is 68.0 cm³/mol. The second-order valence-corrected chi connectivity index (χ2v) is 7.15. The van der Waals surface area contributed by atoms with E-state index in [1.807, 2.05) is 20.8 Å². The molecule has 0 atom stereocenters. The topological polar surface area (TPSA) is 82.3 Å². The minimum absolute atomic E-state index is 0.0492. The summed E-state index contributed by atoms with van der Waals surface area (Å²) >= 11 is 0. The van der Waals surface area contributed by atoms with Crippen LogP contribution in [0, 0.1) is 0 Å². The SMILES string of the molecule is CC(C)(C)c1c(OC2CC2)cncc1S(N)(=O)=O. The maximum atomic E-state index is 11.6. The van der Waals surface area contributed by atoms with Gasteiger partial charge in [-0.25, -0.2) is 13.6 Å². The maximum absolute atomic E-state index is 11.6. The molecule has 1 fully saturated rings. The number of nitrogens with zero attached hydrogens (tertiary/aromatic N) is 1. The van der Waals surface area contributed by atoms with Crippen molar-refractivity contribution in [2.45, 2.75) is 50.0 Å². The molecule has 0 unspecified atom stereocenters. The van der Waals surface area contributed by atoms with Crippen LogP contribution in [0.15, 0.2) is 17.3 Å². The fraction of sp³-hybridized carbons (Fsp3) is 0.583. The van der Waals surface area contributed by atoms with Crippen molar-refractivity contribution in [3.63, 3.8) is 0 Å². The highest BCUT2D eigenvalue weighted by Crippen LogP contribution is 2.38. The predicted octanol–water partition coefficient (Wildman–Crippen LogP) is 1.57. The summed E-state index contributed by atoms with van der Waals surface area (Å²) in [5, 5.41) is 5.25. The number of hydrogen-bond donors (Lipinski definition) is 1. The van der Waals surface area contributed by atoms with Gasteiger partial charge >= 0.3 is 0 Å². The third-order valence-electron chi connectivity index (χ3n) is 2.75. The number of pyridine rings is 1. The van der Waals surface area contributed by atoms with Crippen molar-refractivity contribution in [3.05, 3.63) is 18.0 Å². The molecule has 100 valence electrons. The van der Waals surface area contributed by atoms with Gasteiger partial charge in [-0.3, -0.25) is 4.98 Å². The Kier molecular flexibility index (Phi) is 3.11. The zero-order chi connectivity index (χ0) is 13.6. The highest BCUT2D eigenvalue weighted by atomic mass is 32.2. The first-order valence-electron chi connectivity index (χ1n) is 5.87. The van der Waals surface area contributed by atoms with Gasteiger partial charge in [-0.1, -0.05) is 20.8 Å². The fourth-order valence-corrected chi connectivity index (χ4v) is 2.73. The van der Waals surface area contributed by atoms with Gasteiger partial charge < -0.3 is 4.74 Å². The summed E-state index contributed by atoms with van der Waals surface area (Å²) in [5.41, 5.74) is 0.224. The highest BCUT2D eigenvalue weighted by molar-refractivity contribution is 7.89. The third-order valence-corrected chi connectivity index (χ3v) is 3.67. The Bertz CT molecular complexity index is 557. The molecule has 1 aromatic heterocycles. The summed E-state index contributed by atoms with van der Waals surface area (Å²) < 4.78 is 29.0. The molecular formula is C12H18N2O3S. The lowest BCUT2D eigenvalue weighted by molar-refractivity contribution is 0.291. The first-order chi connectivity index (χ1) is 8.19. The van der Waals surface area contributed by atoms with Gasteiger partial charge in [0.2, 0.25) is 10.0 Å². The molecular weight excluding hydrogens is 252 g/mol. The van der Waals surface area contributed by atoms with E-state index in [-0.39, 0.29) is 16.4 Å². The molecule has 0 bridgehead atoms. The number of aromatic nitrogens is 1. The van der Waals surface area contributed by atoms with Crippen LogP contribution < -0.4 is 9.88 Å². The number of sulfonamides is 1. The van der Waals surface area contributed by atoms with Crippen LogP contribution in [-0.4, -0.2) is 19.5 Å². The summed E-state index contributed by atoms with van der Waals surface area (Å²) in [6, 6.07) is 0. The van der Waals surface area contributed by atoms with E-state index in [2.05, 4.69) is 4.98 Å². The molecule has 2 N–H and O–H groups in total. The van der Waals surface area contributed by atoms with Gasteiger partial charge in [-0.2, -0.15) is 0 Å². The summed E-state index contributed by atoms with van der Waals surface area (Å²) in [4.78, 5) is 3.97. The summed E-state index contributed by atoms with van der Waals surface area (Å²) in [5.74, 6) is 0.525. The fourth-order valence-electron chi connectivity index (χ4n) is 1.83. The number of primary sulfonamides is 1. The van der Waals surface area contributed by atoms with Crippen LogP contribution >= 0.6 is 0 Å². The number of ether oxygens (including phenoxy) is 1. The van der Waals surface area contributed by atoms with Crippen molar-refractivity contribution in [1.29, 1.82) is 0 Å². The van der Waals surface area contributed by atoms with E-state index in [1.54, 1.807) is 6.20 Å². The molecule has 0 aliphatic heterocycles. The average molecular weight is 270 g/mol. The first-order valence-corrected chi connectivity index (χ1v) is 7.42. The third kappa shape index (κ3) is 2.81. The second-order valence-electron chi connectivity index (χ2n) is 5.62. The lowest BCUT2D eigenvalue weighted by Crippen LogP contribution is -2.23. The van der Waals surface area contributed by atoms with Gasteiger partial charge in [0, 0.05) is 11.8 Å².